The molecule has 188 valence electrons. The molecule has 4 aromatic carbocycles. The lowest BCUT2D eigenvalue weighted by atomic mass is 10.0. The molecule has 0 heterocycles. The lowest BCUT2D eigenvalue weighted by molar-refractivity contribution is 0.100. The van der Waals surface area contributed by atoms with Gasteiger partial charge < -0.3 is 9.47 Å². The molecule has 0 atom stereocenters. The van der Waals surface area contributed by atoms with E-state index in [4.69, 9.17) is 9.47 Å². The van der Waals surface area contributed by atoms with E-state index in [9.17, 15) is 9.59 Å². The predicted octanol–water partition coefficient (Wildman–Crippen LogP) is 8.05. The third-order valence-corrected chi connectivity index (χ3v) is 6.28. The van der Waals surface area contributed by atoms with Crippen LogP contribution < -0.4 is 9.47 Å². The van der Waals surface area contributed by atoms with Crippen molar-refractivity contribution >= 4 is 11.6 Å². The fourth-order valence-electron chi connectivity index (χ4n) is 4.04. The largest absolute Gasteiger partial charge is 0.494 e. The molecule has 4 aromatic rings. The Morgan fingerprint density at radius 3 is 1.05 bits per heavy atom. The van der Waals surface area contributed by atoms with Crippen LogP contribution in [0.25, 0.3) is 22.3 Å². The lowest BCUT2D eigenvalue weighted by Crippen LogP contribution is -2.01. The smallest absolute Gasteiger partial charge is 0.159 e. The number of hydrogen-bond acceptors (Lipinski definition) is 4. The van der Waals surface area contributed by atoms with E-state index >= 15 is 0 Å². The van der Waals surface area contributed by atoms with Crippen LogP contribution in [0.5, 0.6) is 11.5 Å². The first-order chi connectivity index (χ1) is 18.0. The van der Waals surface area contributed by atoms with Gasteiger partial charge in [0.15, 0.2) is 11.6 Å². The summed E-state index contributed by atoms with van der Waals surface area (Å²) in [5, 5.41) is 0. The van der Waals surface area contributed by atoms with Gasteiger partial charge in [-0.05, 0) is 79.6 Å². The summed E-state index contributed by atoms with van der Waals surface area (Å²) >= 11 is 0. The summed E-state index contributed by atoms with van der Waals surface area (Å²) < 4.78 is 11.8. The van der Waals surface area contributed by atoms with Crippen LogP contribution in [0, 0.1) is 0 Å². The normalized spacial score (nSPS) is 10.6. The quantitative estimate of drug-likeness (QED) is 0.148. The first-order valence-electron chi connectivity index (χ1n) is 12.7. The Bertz CT molecular complexity index is 1200. The third kappa shape index (κ3) is 7.40. The van der Waals surface area contributed by atoms with Gasteiger partial charge >= 0.3 is 0 Å². The summed E-state index contributed by atoms with van der Waals surface area (Å²) in [7, 11) is 0. The van der Waals surface area contributed by atoms with Crippen molar-refractivity contribution in [2.75, 3.05) is 13.2 Å². The molecule has 0 N–H and O–H groups in total. The van der Waals surface area contributed by atoms with Gasteiger partial charge in [-0.25, -0.2) is 0 Å². The number of ether oxygens (including phenoxy) is 2. The molecule has 0 aliphatic rings. The van der Waals surface area contributed by atoms with Crippen LogP contribution >= 0.6 is 0 Å². The molecular weight excluding hydrogens is 460 g/mol. The molecule has 0 spiro atoms. The van der Waals surface area contributed by atoms with E-state index in [-0.39, 0.29) is 11.6 Å². The van der Waals surface area contributed by atoms with E-state index in [1.807, 2.05) is 97.1 Å². The second-order valence-corrected chi connectivity index (χ2v) is 9.07. The average Bonchev–Trinajstić information content (AvgIpc) is 2.93. The molecule has 0 radical (unpaired) electrons. The zero-order valence-electron chi connectivity index (χ0n) is 21.4. The Balaban J connectivity index is 1.13. The molecular formula is C33H32O4. The number of ketones is 2. The molecule has 0 saturated heterocycles. The van der Waals surface area contributed by atoms with Gasteiger partial charge in [-0.1, -0.05) is 72.8 Å². The minimum Gasteiger partial charge on any atom is -0.494 e. The average molecular weight is 493 g/mol. The number of carbonyl (C=O) groups excluding carboxylic acids is 2. The summed E-state index contributed by atoms with van der Waals surface area (Å²) in [4.78, 5) is 22.9. The Hall–Kier alpha value is -4.18. The minimum absolute atomic E-state index is 0.0749. The topological polar surface area (TPSA) is 52.6 Å². The molecule has 4 heteroatoms. The van der Waals surface area contributed by atoms with Crippen molar-refractivity contribution in [1.82, 2.24) is 0 Å². The number of benzene rings is 4. The standard InChI is InChI=1S/C33H32O4/c1-24(34)26-6-10-28(11-7-26)30-14-18-32(19-15-30)36-22-4-3-5-23-37-33-20-16-31(17-21-33)29-12-8-27(9-13-29)25(2)35/h6-21H,3-5,22-23H2,1-2H3. The Morgan fingerprint density at radius 2 is 0.757 bits per heavy atom. The van der Waals surface area contributed by atoms with Gasteiger partial charge in [0.1, 0.15) is 11.5 Å². The fourth-order valence-corrected chi connectivity index (χ4v) is 4.04. The van der Waals surface area contributed by atoms with Gasteiger partial charge in [0.25, 0.3) is 0 Å². The van der Waals surface area contributed by atoms with Crippen molar-refractivity contribution in [1.29, 1.82) is 0 Å². The predicted molar refractivity (Wildman–Crippen MR) is 149 cm³/mol. The van der Waals surface area contributed by atoms with E-state index < -0.39 is 0 Å². The van der Waals surface area contributed by atoms with Gasteiger partial charge in [0.2, 0.25) is 0 Å². The molecule has 37 heavy (non-hydrogen) atoms. The molecule has 0 aromatic heterocycles. The van der Waals surface area contributed by atoms with E-state index in [0.717, 1.165) is 64.1 Å². The fraction of sp³-hybridized carbons (Fsp3) is 0.212. The van der Waals surface area contributed by atoms with Crippen LogP contribution in [0.1, 0.15) is 53.8 Å². The second-order valence-electron chi connectivity index (χ2n) is 9.07. The van der Waals surface area contributed by atoms with Crippen molar-refractivity contribution in [3.05, 3.63) is 108 Å². The van der Waals surface area contributed by atoms with E-state index in [2.05, 4.69) is 0 Å². The van der Waals surface area contributed by atoms with Crippen molar-refractivity contribution in [2.45, 2.75) is 33.1 Å². The van der Waals surface area contributed by atoms with Crippen LogP contribution in [0.15, 0.2) is 97.1 Å². The van der Waals surface area contributed by atoms with E-state index in [1.165, 1.54) is 0 Å². The summed E-state index contributed by atoms with van der Waals surface area (Å²) in [5.74, 6) is 1.87. The highest BCUT2D eigenvalue weighted by Gasteiger charge is 2.04. The van der Waals surface area contributed by atoms with Gasteiger partial charge in [-0.3, -0.25) is 9.59 Å². The highest BCUT2D eigenvalue weighted by molar-refractivity contribution is 5.95. The van der Waals surface area contributed by atoms with Gasteiger partial charge in [-0.15, -0.1) is 0 Å². The molecule has 0 aliphatic heterocycles. The summed E-state index contributed by atoms with van der Waals surface area (Å²) in [6, 6.07) is 31.4. The maximum atomic E-state index is 11.4. The first-order valence-corrected chi connectivity index (χ1v) is 12.7. The first kappa shape index (κ1) is 25.9. The highest BCUT2D eigenvalue weighted by atomic mass is 16.5. The molecule has 0 saturated carbocycles. The number of Topliss-reactive ketones (excluding diaryl/α,β-unsaturated/α-hetero) is 2. The number of carbonyl (C=O) groups is 2. The second kappa shape index (κ2) is 12.7. The molecule has 0 amide bonds. The minimum atomic E-state index is 0.0749. The van der Waals surface area contributed by atoms with Crippen LogP contribution in [0.4, 0.5) is 0 Å². The van der Waals surface area contributed by atoms with Gasteiger partial charge in [-0.2, -0.15) is 0 Å². The number of hydrogen-bond donors (Lipinski definition) is 0. The lowest BCUT2D eigenvalue weighted by Gasteiger charge is -2.09. The maximum Gasteiger partial charge on any atom is 0.159 e. The Kier molecular flexibility index (Phi) is 8.88. The van der Waals surface area contributed by atoms with Crippen molar-refractivity contribution < 1.29 is 19.1 Å². The molecule has 4 nitrogen and oxygen atoms in total. The summed E-state index contributed by atoms with van der Waals surface area (Å²) in [6.45, 7) is 4.49. The van der Waals surface area contributed by atoms with Crippen molar-refractivity contribution in [3.8, 4) is 33.8 Å². The maximum absolute atomic E-state index is 11.4. The van der Waals surface area contributed by atoms with Gasteiger partial charge in [0, 0.05) is 11.1 Å². The Morgan fingerprint density at radius 1 is 0.459 bits per heavy atom. The monoisotopic (exact) mass is 492 g/mol. The molecule has 0 bridgehead atoms. The third-order valence-electron chi connectivity index (χ3n) is 6.28. The SMILES string of the molecule is CC(=O)c1ccc(-c2ccc(OCCCCCOc3ccc(-c4ccc(C(C)=O)cc4)cc3)cc2)cc1. The van der Waals surface area contributed by atoms with Crippen LogP contribution in [-0.2, 0) is 0 Å². The Labute approximate surface area is 218 Å². The van der Waals surface area contributed by atoms with Crippen LogP contribution in [-0.4, -0.2) is 24.8 Å². The zero-order chi connectivity index (χ0) is 26.0. The van der Waals surface area contributed by atoms with E-state index in [0.29, 0.717) is 13.2 Å². The molecule has 4 rings (SSSR count). The number of rotatable bonds is 12. The van der Waals surface area contributed by atoms with Gasteiger partial charge in [0.05, 0.1) is 13.2 Å². The highest BCUT2D eigenvalue weighted by Crippen LogP contribution is 2.24. The molecule has 0 aliphatic carbocycles. The summed E-state index contributed by atoms with van der Waals surface area (Å²) in [6.07, 6.45) is 2.96. The van der Waals surface area contributed by atoms with E-state index in [1.54, 1.807) is 13.8 Å². The molecule has 0 fully saturated rings. The number of unbranched alkanes of at least 4 members (excludes halogenated alkanes) is 2. The zero-order valence-corrected chi connectivity index (χ0v) is 21.4. The summed E-state index contributed by atoms with van der Waals surface area (Å²) in [5.41, 5.74) is 5.79. The van der Waals surface area contributed by atoms with Crippen LogP contribution in [0.3, 0.4) is 0 Å². The van der Waals surface area contributed by atoms with Crippen molar-refractivity contribution in [2.24, 2.45) is 0 Å². The van der Waals surface area contributed by atoms with Crippen LogP contribution in [0.2, 0.25) is 0 Å². The molecule has 0 unspecified atom stereocenters. The van der Waals surface area contributed by atoms with Crippen molar-refractivity contribution in [3.63, 3.8) is 0 Å².